The highest BCUT2D eigenvalue weighted by atomic mass is 32.2. The molecule has 1 saturated carbocycles. The quantitative estimate of drug-likeness (QED) is 0.616. The van der Waals surface area contributed by atoms with Crippen LogP contribution in [0.25, 0.3) is 10.9 Å². The summed E-state index contributed by atoms with van der Waals surface area (Å²) >= 11 is 0. The van der Waals surface area contributed by atoms with E-state index in [-0.39, 0.29) is 0 Å². The van der Waals surface area contributed by atoms with E-state index in [4.69, 9.17) is 14.9 Å². The molecule has 2 fully saturated rings. The zero-order valence-corrected chi connectivity index (χ0v) is 15.7. The van der Waals surface area contributed by atoms with Gasteiger partial charge in [-0.15, -0.1) is 0 Å². The number of nitrogens with zero attached hydrogens (tertiary/aromatic N) is 3. The summed E-state index contributed by atoms with van der Waals surface area (Å²) in [5.41, 5.74) is 3.24. The molecule has 1 unspecified atom stereocenters. The molecule has 1 aliphatic heterocycles. The van der Waals surface area contributed by atoms with Crippen LogP contribution in [0.5, 0.6) is 11.5 Å². The fourth-order valence-corrected chi connectivity index (χ4v) is 5.18. The number of anilines is 1. The summed E-state index contributed by atoms with van der Waals surface area (Å²) in [5.74, 6) is 2.44. The van der Waals surface area contributed by atoms with Crippen LogP contribution in [0.4, 0.5) is 5.69 Å². The van der Waals surface area contributed by atoms with Gasteiger partial charge in [0.15, 0.2) is 11.5 Å². The molecule has 0 bridgehead atoms. The van der Waals surface area contributed by atoms with Crippen molar-refractivity contribution in [1.82, 2.24) is 10.2 Å². The van der Waals surface area contributed by atoms with Gasteiger partial charge in [0.1, 0.15) is 0 Å². The molecule has 7 nitrogen and oxygen atoms in total. The van der Waals surface area contributed by atoms with Crippen molar-refractivity contribution < 1.29 is 13.7 Å². The van der Waals surface area contributed by atoms with Crippen LogP contribution in [0, 0.1) is 16.7 Å². The van der Waals surface area contributed by atoms with Crippen LogP contribution >= 0.6 is 0 Å². The molecule has 1 aromatic carbocycles. The molecule has 1 atom stereocenters. The van der Waals surface area contributed by atoms with Gasteiger partial charge in [0.2, 0.25) is 0 Å². The van der Waals surface area contributed by atoms with Crippen LogP contribution in [-0.4, -0.2) is 53.0 Å². The number of fused-ring (bicyclic) bond motifs is 1. The van der Waals surface area contributed by atoms with Crippen LogP contribution < -0.4 is 14.4 Å². The molecule has 2 aliphatic rings. The molecule has 1 N–H and O–H groups in total. The molecular weight excluding hydrogens is 352 g/mol. The van der Waals surface area contributed by atoms with Gasteiger partial charge in [-0.25, -0.2) is 0 Å². The Kier molecular flexibility index (Phi) is 4.30. The highest BCUT2D eigenvalue weighted by Crippen LogP contribution is 2.53. The van der Waals surface area contributed by atoms with Gasteiger partial charge in [-0.2, -0.15) is 10.2 Å². The van der Waals surface area contributed by atoms with Gasteiger partial charge in [-0.3, -0.25) is 9.62 Å². The Bertz CT molecular complexity index is 874. The van der Waals surface area contributed by atoms with Crippen LogP contribution in [0.15, 0.2) is 18.3 Å². The number of ether oxygens (including phenoxy) is 2. The Labute approximate surface area is 154 Å². The molecule has 1 saturated heterocycles. The third kappa shape index (κ3) is 2.82. The number of hydrogen-bond acceptors (Lipinski definition) is 7. The van der Waals surface area contributed by atoms with Gasteiger partial charge in [0, 0.05) is 35.7 Å². The number of hydrogen-bond donors (Lipinski definition) is 1. The number of nitrogens with one attached hydrogen (secondary N) is 1. The lowest BCUT2D eigenvalue weighted by molar-refractivity contribution is 0.0360. The highest BCUT2D eigenvalue weighted by Gasteiger charge is 2.52. The number of benzene rings is 1. The summed E-state index contributed by atoms with van der Waals surface area (Å²) in [7, 11) is 2.13. The van der Waals surface area contributed by atoms with E-state index in [9.17, 15) is 4.21 Å². The molecule has 1 spiro atoms. The van der Waals surface area contributed by atoms with Gasteiger partial charge in [0.05, 0.1) is 48.0 Å². The lowest BCUT2D eigenvalue weighted by atomic mass is 9.58. The smallest absolute Gasteiger partial charge is 0.162 e. The minimum absolute atomic E-state index is 0.336. The van der Waals surface area contributed by atoms with Crippen molar-refractivity contribution in [3.8, 4) is 11.5 Å². The first-order chi connectivity index (χ1) is 12.6. The third-order valence-electron chi connectivity index (χ3n) is 5.49. The standard InChI is InChI=1S/C18H22N4O3S/c1-24-16-3-13-14(4-17(16)25-2)21-20-7-15(13)22-9-18(10-22)5-12(6-18)8-26(23)11-19/h3-4,7,11-12,19H,5-6,8-10H2,1-2H3. The summed E-state index contributed by atoms with van der Waals surface area (Å²) in [6, 6.07) is 3.81. The first kappa shape index (κ1) is 17.2. The van der Waals surface area contributed by atoms with E-state index in [0.29, 0.717) is 28.6 Å². The maximum absolute atomic E-state index is 11.5. The Morgan fingerprint density at radius 2 is 2.00 bits per heavy atom. The van der Waals surface area contributed by atoms with Crippen molar-refractivity contribution in [2.45, 2.75) is 12.8 Å². The van der Waals surface area contributed by atoms with Gasteiger partial charge < -0.3 is 14.4 Å². The minimum Gasteiger partial charge on any atom is -0.493 e. The van der Waals surface area contributed by atoms with E-state index in [1.807, 2.05) is 12.1 Å². The van der Waals surface area contributed by atoms with E-state index in [0.717, 1.165) is 48.1 Å². The maximum atomic E-state index is 11.5. The van der Waals surface area contributed by atoms with Crippen molar-refractivity contribution >= 4 is 32.9 Å². The lowest BCUT2D eigenvalue weighted by Crippen LogP contribution is -2.63. The van der Waals surface area contributed by atoms with Crippen molar-refractivity contribution in [2.24, 2.45) is 11.3 Å². The fourth-order valence-electron chi connectivity index (χ4n) is 4.38. The van der Waals surface area contributed by atoms with Crippen LogP contribution in [0.2, 0.25) is 0 Å². The van der Waals surface area contributed by atoms with Gasteiger partial charge in [-0.05, 0) is 24.8 Å². The Hall–Kier alpha value is -2.22. The fraction of sp³-hybridized carbons (Fsp3) is 0.500. The van der Waals surface area contributed by atoms with Crippen molar-refractivity contribution in [2.75, 3.05) is 38.0 Å². The predicted octanol–water partition coefficient (Wildman–Crippen LogP) is 2.22. The molecule has 2 aromatic rings. The second-order valence-corrected chi connectivity index (χ2v) is 8.58. The first-order valence-electron chi connectivity index (χ1n) is 8.57. The van der Waals surface area contributed by atoms with E-state index < -0.39 is 10.8 Å². The maximum Gasteiger partial charge on any atom is 0.162 e. The zero-order chi connectivity index (χ0) is 18.3. The summed E-state index contributed by atoms with van der Waals surface area (Å²) in [5, 5.41) is 16.5. The molecule has 26 heavy (non-hydrogen) atoms. The Morgan fingerprint density at radius 1 is 1.31 bits per heavy atom. The van der Waals surface area contributed by atoms with Crippen molar-refractivity contribution in [3.63, 3.8) is 0 Å². The highest BCUT2D eigenvalue weighted by molar-refractivity contribution is 7.98. The Morgan fingerprint density at radius 3 is 2.65 bits per heavy atom. The second-order valence-electron chi connectivity index (χ2n) is 7.25. The molecule has 8 heteroatoms. The van der Waals surface area contributed by atoms with Crippen molar-refractivity contribution in [3.05, 3.63) is 18.3 Å². The summed E-state index contributed by atoms with van der Waals surface area (Å²) in [4.78, 5) is 2.33. The van der Waals surface area contributed by atoms with E-state index in [1.165, 1.54) is 0 Å². The Balaban J connectivity index is 1.51. The molecule has 0 amide bonds. The SMILES string of the molecule is COc1cc2nncc(N3CC4(CC(CS(=O)C=N)C4)C3)c2cc1OC. The van der Waals surface area contributed by atoms with Crippen LogP contribution in [0.3, 0.4) is 0 Å². The normalized spacial score (nSPS) is 19.7. The van der Waals surface area contributed by atoms with Crippen LogP contribution in [0.1, 0.15) is 12.8 Å². The first-order valence-corrected chi connectivity index (χ1v) is 9.96. The topological polar surface area (TPSA) is 88.4 Å². The minimum atomic E-state index is -1.10. The molecule has 1 aliphatic carbocycles. The summed E-state index contributed by atoms with van der Waals surface area (Å²) in [6.07, 6.45) is 3.99. The number of methoxy groups -OCH3 is 2. The summed E-state index contributed by atoms with van der Waals surface area (Å²) < 4.78 is 22.3. The lowest BCUT2D eigenvalue weighted by Gasteiger charge is -2.60. The predicted molar refractivity (Wildman–Crippen MR) is 102 cm³/mol. The number of rotatable bonds is 6. The molecule has 2 heterocycles. The largest absolute Gasteiger partial charge is 0.493 e. The van der Waals surface area contributed by atoms with Gasteiger partial charge >= 0.3 is 0 Å². The number of aromatic nitrogens is 2. The van der Waals surface area contributed by atoms with Gasteiger partial charge in [0.25, 0.3) is 0 Å². The van der Waals surface area contributed by atoms with Crippen molar-refractivity contribution in [1.29, 1.82) is 5.41 Å². The average molecular weight is 374 g/mol. The van der Waals surface area contributed by atoms with E-state index >= 15 is 0 Å². The molecule has 0 radical (unpaired) electrons. The third-order valence-corrected chi connectivity index (χ3v) is 6.55. The average Bonchev–Trinajstić information content (AvgIpc) is 2.60. The molecule has 138 valence electrons. The summed E-state index contributed by atoms with van der Waals surface area (Å²) in [6.45, 7) is 1.96. The molecule has 1 aromatic heterocycles. The van der Waals surface area contributed by atoms with Crippen LogP contribution in [-0.2, 0) is 10.8 Å². The van der Waals surface area contributed by atoms with E-state index in [2.05, 4.69) is 15.1 Å². The monoisotopic (exact) mass is 374 g/mol. The van der Waals surface area contributed by atoms with Gasteiger partial charge in [-0.1, -0.05) is 0 Å². The second kappa shape index (κ2) is 6.50. The molecule has 4 rings (SSSR count). The zero-order valence-electron chi connectivity index (χ0n) is 14.9. The van der Waals surface area contributed by atoms with E-state index in [1.54, 1.807) is 20.4 Å². The molecular formula is C18H22N4O3S.